The van der Waals surface area contributed by atoms with E-state index in [1.165, 1.54) is 6.42 Å². The average molecular weight is 265 g/mol. The van der Waals surface area contributed by atoms with Gasteiger partial charge in [0.2, 0.25) is 0 Å². The van der Waals surface area contributed by atoms with Crippen molar-refractivity contribution in [3.63, 3.8) is 0 Å². The minimum atomic E-state index is 0.410. The van der Waals surface area contributed by atoms with E-state index in [0.29, 0.717) is 11.2 Å². The summed E-state index contributed by atoms with van der Waals surface area (Å²) >= 11 is 9.41. The van der Waals surface area contributed by atoms with Crippen LogP contribution in [0.2, 0.25) is 5.15 Å². The van der Waals surface area contributed by atoms with Crippen LogP contribution >= 0.6 is 27.5 Å². The lowest BCUT2D eigenvalue weighted by Gasteiger charge is -2.23. The van der Waals surface area contributed by atoms with E-state index in [-0.39, 0.29) is 0 Å². The molecule has 1 unspecified atom stereocenters. The molecule has 1 saturated heterocycles. The first-order chi connectivity index (χ1) is 6.29. The molecular weight excluding hydrogens is 253 g/mol. The summed E-state index contributed by atoms with van der Waals surface area (Å²) in [4.78, 5) is 0. The largest absolute Gasteiger partial charge is 0.315 e. The monoisotopic (exact) mass is 263 g/mol. The Morgan fingerprint density at radius 3 is 3.08 bits per heavy atom. The van der Waals surface area contributed by atoms with Gasteiger partial charge in [-0.2, -0.15) is 5.10 Å². The van der Waals surface area contributed by atoms with Crippen molar-refractivity contribution in [3.05, 3.63) is 15.8 Å². The Hall–Kier alpha value is -0.0600. The van der Waals surface area contributed by atoms with E-state index in [9.17, 15) is 0 Å². The first-order valence-corrected chi connectivity index (χ1v) is 5.55. The van der Waals surface area contributed by atoms with Gasteiger partial charge in [-0.05, 0) is 35.3 Å². The van der Waals surface area contributed by atoms with E-state index in [2.05, 4.69) is 26.3 Å². The van der Waals surface area contributed by atoms with Gasteiger partial charge in [0.15, 0.2) is 0 Å². The molecule has 0 aromatic carbocycles. The maximum atomic E-state index is 6.07. The first-order valence-electron chi connectivity index (χ1n) is 4.38. The highest BCUT2D eigenvalue weighted by Crippen LogP contribution is 2.27. The number of hydrogen-bond donors (Lipinski definition) is 1. The lowest BCUT2D eigenvalue weighted by atomic mass is 10.1. The Kier molecular flexibility index (Phi) is 2.91. The molecule has 1 aliphatic rings. The SMILES string of the molecule is Clc1c(Br)cnn1C1CCCNC1. The van der Waals surface area contributed by atoms with E-state index in [4.69, 9.17) is 11.6 Å². The van der Waals surface area contributed by atoms with Crippen molar-refractivity contribution < 1.29 is 0 Å². The molecule has 1 aliphatic heterocycles. The standard InChI is InChI=1S/C8H11BrClN3/c9-7-5-12-13(8(7)10)6-2-1-3-11-4-6/h5-6,11H,1-4H2. The Morgan fingerprint density at radius 2 is 2.54 bits per heavy atom. The molecule has 1 aromatic heterocycles. The summed E-state index contributed by atoms with van der Waals surface area (Å²) in [5.74, 6) is 0. The van der Waals surface area contributed by atoms with E-state index in [1.807, 2.05) is 4.68 Å². The third-order valence-electron chi connectivity index (χ3n) is 2.31. The molecule has 0 amide bonds. The zero-order valence-electron chi connectivity index (χ0n) is 7.13. The van der Waals surface area contributed by atoms with Crippen LogP contribution < -0.4 is 5.32 Å². The van der Waals surface area contributed by atoms with Crippen molar-refractivity contribution in [2.75, 3.05) is 13.1 Å². The maximum absolute atomic E-state index is 6.07. The van der Waals surface area contributed by atoms with Gasteiger partial charge in [0.1, 0.15) is 5.15 Å². The summed E-state index contributed by atoms with van der Waals surface area (Å²) in [5.41, 5.74) is 0. The molecule has 0 radical (unpaired) electrons. The molecule has 2 rings (SSSR count). The third kappa shape index (κ3) is 1.90. The second-order valence-electron chi connectivity index (χ2n) is 3.23. The van der Waals surface area contributed by atoms with Crippen molar-refractivity contribution in [1.82, 2.24) is 15.1 Å². The molecule has 5 heteroatoms. The van der Waals surface area contributed by atoms with Crippen LogP contribution in [0.1, 0.15) is 18.9 Å². The van der Waals surface area contributed by atoms with Crippen molar-refractivity contribution in [1.29, 1.82) is 0 Å². The van der Waals surface area contributed by atoms with Crippen LogP contribution in [0.25, 0.3) is 0 Å². The molecule has 0 aliphatic carbocycles. The van der Waals surface area contributed by atoms with E-state index < -0.39 is 0 Å². The molecule has 0 bridgehead atoms. The first kappa shape index (κ1) is 9.49. The summed E-state index contributed by atoms with van der Waals surface area (Å²) in [6.45, 7) is 2.07. The number of piperidine rings is 1. The fraction of sp³-hybridized carbons (Fsp3) is 0.625. The predicted molar refractivity (Wildman–Crippen MR) is 56.1 cm³/mol. The molecule has 1 N–H and O–H groups in total. The highest BCUT2D eigenvalue weighted by molar-refractivity contribution is 9.10. The van der Waals surface area contributed by atoms with E-state index >= 15 is 0 Å². The van der Waals surface area contributed by atoms with Crippen LogP contribution in [-0.4, -0.2) is 22.9 Å². The maximum Gasteiger partial charge on any atom is 0.141 e. The number of nitrogens with one attached hydrogen (secondary N) is 1. The average Bonchev–Trinajstić information content (AvgIpc) is 2.49. The van der Waals surface area contributed by atoms with Gasteiger partial charge in [-0.25, -0.2) is 4.68 Å². The fourth-order valence-electron chi connectivity index (χ4n) is 1.62. The Bertz CT molecular complexity index is 294. The Balaban J connectivity index is 2.18. The van der Waals surface area contributed by atoms with Crippen LogP contribution in [0.15, 0.2) is 10.7 Å². The molecule has 1 fully saturated rings. The second-order valence-corrected chi connectivity index (χ2v) is 4.44. The van der Waals surface area contributed by atoms with Gasteiger partial charge in [0.25, 0.3) is 0 Å². The highest BCUT2D eigenvalue weighted by Gasteiger charge is 2.18. The minimum Gasteiger partial charge on any atom is -0.315 e. The summed E-state index contributed by atoms with van der Waals surface area (Å²) in [6, 6.07) is 0.410. The van der Waals surface area contributed by atoms with Crippen molar-refractivity contribution in [2.45, 2.75) is 18.9 Å². The molecule has 0 spiro atoms. The molecule has 0 saturated carbocycles. The molecule has 3 nitrogen and oxygen atoms in total. The summed E-state index contributed by atoms with van der Waals surface area (Å²) in [7, 11) is 0. The Labute approximate surface area is 90.6 Å². The molecule has 72 valence electrons. The predicted octanol–water partition coefficient (Wildman–Crippen LogP) is 2.22. The lowest BCUT2D eigenvalue weighted by molar-refractivity contribution is 0.347. The Morgan fingerprint density at radius 1 is 1.69 bits per heavy atom. The topological polar surface area (TPSA) is 29.9 Å². The number of hydrogen-bond acceptors (Lipinski definition) is 2. The van der Waals surface area contributed by atoms with Crippen molar-refractivity contribution in [2.24, 2.45) is 0 Å². The quantitative estimate of drug-likeness (QED) is 0.843. The van der Waals surface area contributed by atoms with Gasteiger partial charge in [-0.15, -0.1) is 0 Å². The van der Waals surface area contributed by atoms with Gasteiger partial charge in [0.05, 0.1) is 16.7 Å². The zero-order chi connectivity index (χ0) is 9.26. The van der Waals surface area contributed by atoms with Crippen LogP contribution in [-0.2, 0) is 0 Å². The second kappa shape index (κ2) is 3.98. The van der Waals surface area contributed by atoms with Crippen molar-refractivity contribution >= 4 is 27.5 Å². The third-order valence-corrected chi connectivity index (χ3v) is 3.50. The van der Waals surface area contributed by atoms with Gasteiger partial charge >= 0.3 is 0 Å². The number of nitrogens with zero attached hydrogens (tertiary/aromatic N) is 2. The molecule has 2 heterocycles. The van der Waals surface area contributed by atoms with Crippen LogP contribution in [0.5, 0.6) is 0 Å². The molecular formula is C8H11BrClN3. The van der Waals surface area contributed by atoms with Crippen molar-refractivity contribution in [3.8, 4) is 0 Å². The summed E-state index contributed by atoms with van der Waals surface area (Å²) in [5, 5.41) is 8.27. The van der Waals surface area contributed by atoms with Crippen LogP contribution in [0, 0.1) is 0 Å². The van der Waals surface area contributed by atoms with E-state index in [0.717, 1.165) is 24.0 Å². The number of rotatable bonds is 1. The summed E-state index contributed by atoms with van der Waals surface area (Å²) < 4.78 is 2.76. The highest BCUT2D eigenvalue weighted by atomic mass is 79.9. The normalized spacial score (nSPS) is 23.4. The van der Waals surface area contributed by atoms with E-state index in [1.54, 1.807) is 6.20 Å². The molecule has 1 atom stereocenters. The lowest BCUT2D eigenvalue weighted by Crippen LogP contribution is -2.32. The van der Waals surface area contributed by atoms with Gasteiger partial charge in [-0.1, -0.05) is 11.6 Å². The van der Waals surface area contributed by atoms with Crippen LogP contribution in [0.3, 0.4) is 0 Å². The smallest absolute Gasteiger partial charge is 0.141 e. The summed E-state index contributed by atoms with van der Waals surface area (Å²) in [6.07, 6.45) is 4.09. The molecule has 1 aromatic rings. The number of aromatic nitrogens is 2. The minimum absolute atomic E-state index is 0.410. The number of halogens is 2. The zero-order valence-corrected chi connectivity index (χ0v) is 9.48. The van der Waals surface area contributed by atoms with Gasteiger partial charge in [0, 0.05) is 6.54 Å². The fourth-order valence-corrected chi connectivity index (χ4v) is 2.13. The molecule has 13 heavy (non-hydrogen) atoms. The van der Waals surface area contributed by atoms with Gasteiger partial charge in [-0.3, -0.25) is 0 Å². The van der Waals surface area contributed by atoms with Crippen LogP contribution in [0.4, 0.5) is 0 Å². The van der Waals surface area contributed by atoms with Gasteiger partial charge < -0.3 is 5.32 Å².